The highest BCUT2D eigenvalue weighted by atomic mass is 15.2. The molecule has 0 heterocycles. The predicted octanol–water partition coefficient (Wildman–Crippen LogP) is 3.44. The molecule has 0 saturated heterocycles. The molecule has 0 bridgehead atoms. The Hall–Kier alpha value is -1.38. The lowest BCUT2D eigenvalue weighted by Crippen LogP contribution is -2.48. The summed E-state index contributed by atoms with van der Waals surface area (Å²) in [5, 5.41) is 6.09. The van der Waals surface area contributed by atoms with Gasteiger partial charge in [0, 0.05) is 5.54 Å². The van der Waals surface area contributed by atoms with Crippen molar-refractivity contribution in [2.45, 2.75) is 25.4 Å². The van der Waals surface area contributed by atoms with Crippen molar-refractivity contribution in [3.63, 3.8) is 0 Å². The monoisotopic (exact) mass is 256 g/mol. The van der Waals surface area contributed by atoms with Crippen molar-refractivity contribution < 1.29 is 0 Å². The van der Waals surface area contributed by atoms with Gasteiger partial charge in [-0.05, 0) is 51.3 Å². The van der Waals surface area contributed by atoms with Crippen molar-refractivity contribution in [3.05, 3.63) is 48.0 Å². The van der Waals surface area contributed by atoms with Crippen LogP contribution >= 0.6 is 0 Å². The molecule has 1 unspecified atom stereocenters. The van der Waals surface area contributed by atoms with Crippen molar-refractivity contribution in [1.29, 1.82) is 0 Å². The smallest absolute Gasteiger partial charge is 0.0525 e. The number of hydrogen-bond acceptors (Lipinski definition) is 2. The van der Waals surface area contributed by atoms with E-state index in [0.717, 1.165) is 0 Å². The first-order chi connectivity index (χ1) is 8.97. The van der Waals surface area contributed by atoms with Crippen LogP contribution in [0.3, 0.4) is 0 Å². The Morgan fingerprint density at radius 1 is 1.00 bits per heavy atom. The average molecular weight is 256 g/mol. The highest BCUT2D eigenvalue weighted by Gasteiger charge is 2.31. The molecule has 0 aliphatic carbocycles. The van der Waals surface area contributed by atoms with Gasteiger partial charge in [-0.3, -0.25) is 0 Å². The second kappa shape index (κ2) is 5.32. The number of rotatable bonds is 4. The van der Waals surface area contributed by atoms with E-state index in [-0.39, 0.29) is 5.54 Å². The number of hydrogen-bond donors (Lipinski definition) is 1. The maximum absolute atomic E-state index is 3.44. The molecular weight excluding hydrogens is 232 g/mol. The fourth-order valence-electron chi connectivity index (χ4n) is 2.94. The van der Waals surface area contributed by atoms with Gasteiger partial charge in [-0.1, -0.05) is 42.5 Å². The maximum Gasteiger partial charge on any atom is 0.0525 e. The molecule has 19 heavy (non-hydrogen) atoms. The van der Waals surface area contributed by atoms with Crippen molar-refractivity contribution >= 4 is 10.8 Å². The molecule has 2 rings (SSSR count). The minimum atomic E-state index is 0.00756. The molecule has 0 aliphatic rings. The second-order valence-electron chi connectivity index (χ2n) is 5.91. The van der Waals surface area contributed by atoms with Crippen LogP contribution in [0, 0.1) is 0 Å². The van der Waals surface area contributed by atoms with E-state index in [2.05, 4.69) is 80.6 Å². The van der Waals surface area contributed by atoms with Gasteiger partial charge >= 0.3 is 0 Å². The van der Waals surface area contributed by atoms with E-state index in [0.29, 0.717) is 6.04 Å². The Morgan fingerprint density at radius 3 is 2.26 bits per heavy atom. The molecule has 1 N–H and O–H groups in total. The van der Waals surface area contributed by atoms with Crippen LogP contribution in [0.5, 0.6) is 0 Å². The van der Waals surface area contributed by atoms with Crippen LogP contribution in [0.15, 0.2) is 42.5 Å². The topological polar surface area (TPSA) is 15.3 Å². The van der Waals surface area contributed by atoms with Crippen LogP contribution in [0.25, 0.3) is 10.8 Å². The van der Waals surface area contributed by atoms with Crippen molar-refractivity contribution in [1.82, 2.24) is 10.2 Å². The van der Waals surface area contributed by atoms with Crippen LogP contribution < -0.4 is 5.32 Å². The van der Waals surface area contributed by atoms with Gasteiger partial charge in [0.1, 0.15) is 0 Å². The van der Waals surface area contributed by atoms with Crippen LogP contribution in [0.4, 0.5) is 0 Å². The van der Waals surface area contributed by atoms with Gasteiger partial charge in [0.25, 0.3) is 0 Å². The summed E-state index contributed by atoms with van der Waals surface area (Å²) >= 11 is 0. The molecule has 2 nitrogen and oxygen atoms in total. The van der Waals surface area contributed by atoms with Crippen LogP contribution in [-0.4, -0.2) is 31.6 Å². The highest BCUT2D eigenvalue weighted by Crippen LogP contribution is 2.34. The van der Waals surface area contributed by atoms with Gasteiger partial charge < -0.3 is 10.2 Å². The number of fused-ring (bicyclic) bond motifs is 1. The van der Waals surface area contributed by atoms with Crippen LogP contribution in [0.2, 0.25) is 0 Å². The van der Waals surface area contributed by atoms with Crippen molar-refractivity contribution in [2.75, 3.05) is 21.1 Å². The first kappa shape index (κ1) is 14.0. The summed E-state index contributed by atoms with van der Waals surface area (Å²) in [4.78, 5) is 2.29. The Morgan fingerprint density at radius 2 is 1.63 bits per heavy atom. The molecule has 0 amide bonds. The fourth-order valence-corrected chi connectivity index (χ4v) is 2.94. The van der Waals surface area contributed by atoms with E-state index < -0.39 is 0 Å². The molecule has 2 aromatic rings. The van der Waals surface area contributed by atoms with Crippen molar-refractivity contribution in [2.24, 2.45) is 0 Å². The summed E-state index contributed by atoms with van der Waals surface area (Å²) in [5.74, 6) is 0. The van der Waals surface area contributed by atoms with Crippen molar-refractivity contribution in [3.8, 4) is 0 Å². The number of benzene rings is 2. The summed E-state index contributed by atoms with van der Waals surface area (Å²) in [6, 6.07) is 15.5. The third-order valence-electron chi connectivity index (χ3n) is 3.96. The summed E-state index contributed by atoms with van der Waals surface area (Å²) in [7, 11) is 6.32. The van der Waals surface area contributed by atoms with E-state index in [1.165, 1.54) is 16.3 Å². The normalized spacial score (nSPS) is 14.0. The zero-order valence-corrected chi connectivity index (χ0v) is 12.6. The molecule has 0 fully saturated rings. The standard InChI is InChI=1S/C17H24N2/c1-17(2,18-3)16(19(4)5)15-12-8-10-13-9-6-7-11-14(13)15/h6-12,16,18H,1-5H3. The van der Waals surface area contributed by atoms with E-state index in [9.17, 15) is 0 Å². The molecule has 102 valence electrons. The van der Waals surface area contributed by atoms with E-state index in [1.54, 1.807) is 0 Å². The minimum Gasteiger partial charge on any atom is -0.313 e. The summed E-state index contributed by atoms with van der Waals surface area (Å²) in [6.45, 7) is 4.50. The highest BCUT2D eigenvalue weighted by molar-refractivity contribution is 5.86. The SMILES string of the molecule is CNC(C)(C)C(c1cccc2ccccc12)N(C)C. The van der Waals surface area contributed by atoms with Gasteiger partial charge in [-0.15, -0.1) is 0 Å². The molecule has 0 aliphatic heterocycles. The predicted molar refractivity (Wildman–Crippen MR) is 83.5 cm³/mol. The minimum absolute atomic E-state index is 0.00756. The lowest BCUT2D eigenvalue weighted by molar-refractivity contribution is 0.179. The van der Waals surface area contributed by atoms with E-state index in [1.807, 2.05) is 7.05 Å². The number of likely N-dealkylation sites (N-methyl/N-ethyl adjacent to an activating group) is 2. The Labute approximate surface area is 116 Å². The number of nitrogens with zero attached hydrogens (tertiary/aromatic N) is 1. The maximum atomic E-state index is 3.44. The second-order valence-corrected chi connectivity index (χ2v) is 5.91. The molecule has 0 radical (unpaired) electrons. The average Bonchev–Trinajstić information content (AvgIpc) is 2.38. The fraction of sp³-hybridized carbons (Fsp3) is 0.412. The zero-order chi connectivity index (χ0) is 14.0. The molecule has 0 spiro atoms. The molecule has 0 aromatic heterocycles. The zero-order valence-electron chi connectivity index (χ0n) is 12.6. The molecule has 0 saturated carbocycles. The lowest BCUT2D eigenvalue weighted by Gasteiger charge is -2.39. The Kier molecular flexibility index (Phi) is 3.93. The third-order valence-corrected chi connectivity index (χ3v) is 3.96. The Bertz CT molecular complexity index is 553. The quantitative estimate of drug-likeness (QED) is 0.901. The first-order valence-corrected chi connectivity index (χ1v) is 6.80. The van der Waals surface area contributed by atoms with Crippen LogP contribution in [0.1, 0.15) is 25.5 Å². The first-order valence-electron chi connectivity index (χ1n) is 6.80. The van der Waals surface area contributed by atoms with Gasteiger partial charge in [-0.2, -0.15) is 0 Å². The number of nitrogens with one attached hydrogen (secondary N) is 1. The molecular formula is C17H24N2. The van der Waals surface area contributed by atoms with Gasteiger partial charge in [-0.25, -0.2) is 0 Å². The molecule has 2 heteroatoms. The van der Waals surface area contributed by atoms with E-state index in [4.69, 9.17) is 0 Å². The Balaban J connectivity index is 2.63. The molecule has 2 aromatic carbocycles. The largest absolute Gasteiger partial charge is 0.313 e. The van der Waals surface area contributed by atoms with E-state index >= 15 is 0 Å². The third kappa shape index (κ3) is 2.65. The lowest BCUT2D eigenvalue weighted by atomic mass is 9.85. The summed E-state index contributed by atoms with van der Waals surface area (Å²) < 4.78 is 0. The summed E-state index contributed by atoms with van der Waals surface area (Å²) in [5.41, 5.74) is 1.38. The molecule has 1 atom stereocenters. The van der Waals surface area contributed by atoms with Gasteiger partial charge in [0.2, 0.25) is 0 Å². The van der Waals surface area contributed by atoms with Gasteiger partial charge in [0.05, 0.1) is 6.04 Å². The van der Waals surface area contributed by atoms with Crippen LogP contribution in [-0.2, 0) is 0 Å². The summed E-state index contributed by atoms with van der Waals surface area (Å²) in [6.07, 6.45) is 0. The van der Waals surface area contributed by atoms with Gasteiger partial charge in [0.15, 0.2) is 0 Å².